The predicted molar refractivity (Wildman–Crippen MR) is 91.9 cm³/mol. The van der Waals surface area contributed by atoms with Crippen LogP contribution in [0.1, 0.15) is 29.3 Å². The van der Waals surface area contributed by atoms with Crippen LogP contribution >= 0.6 is 0 Å². The molecule has 0 fully saturated rings. The highest BCUT2D eigenvalue weighted by molar-refractivity contribution is 6.07. The van der Waals surface area contributed by atoms with Crippen molar-refractivity contribution in [3.05, 3.63) is 53.6 Å². The zero-order valence-electron chi connectivity index (χ0n) is 14.1. The molecule has 0 spiro atoms. The molecule has 0 aromatic heterocycles. The van der Waals surface area contributed by atoms with Crippen molar-refractivity contribution in [2.75, 3.05) is 25.7 Å². The first-order chi connectivity index (χ1) is 11.5. The van der Waals surface area contributed by atoms with Crippen LogP contribution in [0.25, 0.3) is 0 Å². The molecule has 1 heterocycles. The van der Waals surface area contributed by atoms with Gasteiger partial charge < -0.3 is 19.5 Å². The Kier molecular flexibility index (Phi) is 4.20. The van der Waals surface area contributed by atoms with Gasteiger partial charge in [-0.2, -0.15) is 0 Å². The number of methoxy groups -OCH3 is 2. The molecule has 1 amide bonds. The zero-order valence-corrected chi connectivity index (χ0v) is 14.1. The fourth-order valence-electron chi connectivity index (χ4n) is 3.05. The van der Waals surface area contributed by atoms with Gasteiger partial charge in [-0.05, 0) is 31.5 Å². The lowest BCUT2D eigenvalue weighted by atomic mass is 9.87. The molecule has 1 N–H and O–H groups in total. The van der Waals surface area contributed by atoms with Gasteiger partial charge in [0.1, 0.15) is 11.5 Å². The Hall–Kier alpha value is -2.53. The highest BCUT2D eigenvalue weighted by Crippen LogP contribution is 2.38. The van der Waals surface area contributed by atoms with Crippen LogP contribution in [0, 0.1) is 0 Å². The number of fused-ring (bicyclic) bond motifs is 1. The van der Waals surface area contributed by atoms with Crippen molar-refractivity contribution in [2.24, 2.45) is 0 Å². The van der Waals surface area contributed by atoms with Gasteiger partial charge in [0.25, 0.3) is 5.91 Å². The summed E-state index contributed by atoms with van der Waals surface area (Å²) in [4.78, 5) is 14.7. The number of aliphatic hydroxyl groups is 1. The lowest BCUT2D eigenvalue weighted by molar-refractivity contribution is 0.0450. The molecule has 0 aliphatic carbocycles. The van der Waals surface area contributed by atoms with Gasteiger partial charge >= 0.3 is 0 Å². The van der Waals surface area contributed by atoms with Crippen LogP contribution in [0.15, 0.2) is 42.5 Å². The molecule has 2 aromatic carbocycles. The highest BCUT2D eigenvalue weighted by atomic mass is 16.5. The summed E-state index contributed by atoms with van der Waals surface area (Å²) in [6, 6.07) is 12.6. The Balaban J connectivity index is 2.02. The van der Waals surface area contributed by atoms with Crippen molar-refractivity contribution in [3.63, 3.8) is 0 Å². The second-order valence-electron chi connectivity index (χ2n) is 6.10. The fraction of sp³-hybridized carbons (Fsp3) is 0.316. The summed E-state index contributed by atoms with van der Waals surface area (Å²) in [5.74, 6) is 0.986. The minimum Gasteiger partial charge on any atom is -0.497 e. The minimum absolute atomic E-state index is 0.143. The third-order valence-corrected chi connectivity index (χ3v) is 4.44. The van der Waals surface area contributed by atoms with E-state index in [1.54, 1.807) is 44.2 Å². The van der Waals surface area contributed by atoms with Gasteiger partial charge in [0.05, 0.1) is 25.5 Å². The van der Waals surface area contributed by atoms with Crippen molar-refractivity contribution in [2.45, 2.75) is 18.9 Å². The van der Waals surface area contributed by atoms with Gasteiger partial charge in [0.15, 0.2) is 0 Å². The quantitative estimate of drug-likeness (QED) is 0.941. The maximum atomic E-state index is 13.0. The average molecular weight is 327 g/mol. The maximum Gasteiger partial charge on any atom is 0.258 e. The Bertz CT molecular complexity index is 747. The summed E-state index contributed by atoms with van der Waals surface area (Å²) < 4.78 is 10.5. The summed E-state index contributed by atoms with van der Waals surface area (Å²) in [5.41, 5.74) is 1.06. The Morgan fingerprint density at radius 1 is 1.12 bits per heavy atom. The second kappa shape index (κ2) is 6.17. The van der Waals surface area contributed by atoms with Crippen LogP contribution in [0.4, 0.5) is 5.69 Å². The first-order valence-corrected chi connectivity index (χ1v) is 7.83. The number of para-hydroxylation sites is 1. The van der Waals surface area contributed by atoms with Crippen LogP contribution in [-0.4, -0.2) is 31.8 Å². The molecular weight excluding hydrogens is 306 g/mol. The monoisotopic (exact) mass is 327 g/mol. The predicted octanol–water partition coefficient (Wildman–Crippen LogP) is 2.96. The van der Waals surface area contributed by atoms with E-state index in [0.717, 1.165) is 11.3 Å². The molecule has 0 saturated heterocycles. The lowest BCUT2D eigenvalue weighted by Crippen LogP contribution is -2.42. The largest absolute Gasteiger partial charge is 0.497 e. The number of nitrogens with zero attached hydrogens (tertiary/aromatic N) is 1. The first kappa shape index (κ1) is 16.3. The van der Waals surface area contributed by atoms with Crippen molar-refractivity contribution in [1.82, 2.24) is 0 Å². The first-order valence-electron chi connectivity index (χ1n) is 7.83. The summed E-state index contributed by atoms with van der Waals surface area (Å²) in [6.45, 7) is 2.23. The molecule has 1 atom stereocenters. The van der Waals surface area contributed by atoms with Crippen LogP contribution in [-0.2, 0) is 5.60 Å². The Morgan fingerprint density at radius 3 is 2.38 bits per heavy atom. The van der Waals surface area contributed by atoms with Gasteiger partial charge in [-0.25, -0.2) is 0 Å². The summed E-state index contributed by atoms with van der Waals surface area (Å²) >= 11 is 0. The number of amides is 1. The Morgan fingerprint density at radius 2 is 1.75 bits per heavy atom. The summed E-state index contributed by atoms with van der Waals surface area (Å²) in [7, 11) is 3.10. The SMILES string of the molecule is COc1cc(OC)cc(C(=O)N2CCC(C)(O)c3ccccc32)c1. The van der Waals surface area contributed by atoms with E-state index < -0.39 is 5.60 Å². The number of hydrogen-bond acceptors (Lipinski definition) is 4. The molecule has 5 heteroatoms. The van der Waals surface area contributed by atoms with Gasteiger partial charge in [-0.1, -0.05) is 18.2 Å². The van der Waals surface area contributed by atoms with E-state index in [9.17, 15) is 9.90 Å². The van der Waals surface area contributed by atoms with E-state index in [-0.39, 0.29) is 5.91 Å². The molecule has 5 nitrogen and oxygen atoms in total. The maximum absolute atomic E-state index is 13.0. The number of ether oxygens (including phenoxy) is 2. The normalized spacial score (nSPS) is 19.6. The summed E-state index contributed by atoms with van der Waals surface area (Å²) in [5, 5.41) is 10.6. The number of hydrogen-bond donors (Lipinski definition) is 1. The van der Waals surface area contributed by atoms with Crippen molar-refractivity contribution < 1.29 is 19.4 Å². The molecular formula is C19H21NO4. The Labute approximate surface area is 141 Å². The van der Waals surface area contributed by atoms with Crippen molar-refractivity contribution in [1.29, 1.82) is 0 Å². The van der Waals surface area contributed by atoms with E-state index in [0.29, 0.717) is 30.0 Å². The van der Waals surface area contributed by atoms with Crippen LogP contribution in [0.2, 0.25) is 0 Å². The van der Waals surface area contributed by atoms with Crippen LogP contribution < -0.4 is 14.4 Å². The lowest BCUT2D eigenvalue weighted by Gasteiger charge is -2.38. The fourth-order valence-corrected chi connectivity index (χ4v) is 3.05. The van der Waals surface area contributed by atoms with Gasteiger partial charge in [-0.3, -0.25) is 4.79 Å². The molecule has 1 aliphatic heterocycles. The number of rotatable bonds is 3. The number of carbonyl (C=O) groups is 1. The molecule has 0 bridgehead atoms. The summed E-state index contributed by atoms with van der Waals surface area (Å²) in [6.07, 6.45) is 0.483. The third-order valence-electron chi connectivity index (χ3n) is 4.44. The van der Waals surface area contributed by atoms with E-state index in [1.165, 1.54) is 0 Å². The molecule has 1 unspecified atom stereocenters. The molecule has 1 aliphatic rings. The molecule has 24 heavy (non-hydrogen) atoms. The average Bonchev–Trinajstić information content (AvgIpc) is 2.61. The molecule has 126 valence electrons. The molecule has 0 radical (unpaired) electrons. The van der Waals surface area contributed by atoms with E-state index in [1.807, 2.05) is 24.3 Å². The van der Waals surface area contributed by atoms with Crippen molar-refractivity contribution >= 4 is 11.6 Å². The topological polar surface area (TPSA) is 59.0 Å². The van der Waals surface area contributed by atoms with Crippen LogP contribution in [0.3, 0.4) is 0 Å². The number of anilines is 1. The van der Waals surface area contributed by atoms with E-state index >= 15 is 0 Å². The van der Waals surface area contributed by atoms with Gasteiger partial charge in [0.2, 0.25) is 0 Å². The highest BCUT2D eigenvalue weighted by Gasteiger charge is 2.35. The van der Waals surface area contributed by atoms with E-state index in [4.69, 9.17) is 9.47 Å². The standard InChI is InChI=1S/C19H21NO4/c1-19(22)8-9-20(17-7-5-4-6-16(17)19)18(21)13-10-14(23-2)12-15(11-13)24-3/h4-7,10-12,22H,8-9H2,1-3H3. The molecule has 3 rings (SSSR count). The van der Waals surface area contributed by atoms with Crippen LogP contribution in [0.5, 0.6) is 11.5 Å². The number of carbonyl (C=O) groups excluding carboxylic acids is 1. The minimum atomic E-state index is -0.931. The van der Waals surface area contributed by atoms with Gasteiger partial charge in [0, 0.05) is 23.7 Å². The number of benzene rings is 2. The second-order valence-corrected chi connectivity index (χ2v) is 6.10. The smallest absolute Gasteiger partial charge is 0.258 e. The zero-order chi connectivity index (χ0) is 17.3. The molecule has 0 saturated carbocycles. The van der Waals surface area contributed by atoms with Gasteiger partial charge in [-0.15, -0.1) is 0 Å². The third kappa shape index (κ3) is 2.83. The molecule has 2 aromatic rings. The van der Waals surface area contributed by atoms with Crippen molar-refractivity contribution in [3.8, 4) is 11.5 Å². The van der Waals surface area contributed by atoms with E-state index in [2.05, 4.69) is 0 Å².